The quantitative estimate of drug-likeness (QED) is 0.870. The molecule has 4 heteroatoms. The molecule has 0 spiro atoms. The van der Waals surface area contributed by atoms with Crippen LogP contribution >= 0.6 is 0 Å². The van der Waals surface area contributed by atoms with Crippen LogP contribution in [0.4, 0.5) is 0 Å². The molecule has 0 radical (unpaired) electrons. The second-order valence-corrected chi connectivity index (χ2v) is 4.65. The van der Waals surface area contributed by atoms with Crippen LogP contribution in [0.1, 0.15) is 27.3 Å². The van der Waals surface area contributed by atoms with Crippen LogP contribution in [-0.2, 0) is 13.0 Å². The molecule has 0 aliphatic rings. The van der Waals surface area contributed by atoms with Crippen LogP contribution in [0.25, 0.3) is 0 Å². The molecule has 0 unspecified atom stereocenters. The van der Waals surface area contributed by atoms with E-state index in [2.05, 4.69) is 10.3 Å². The van der Waals surface area contributed by atoms with Gasteiger partial charge in [-0.3, -0.25) is 9.78 Å². The van der Waals surface area contributed by atoms with Gasteiger partial charge in [0.25, 0.3) is 5.91 Å². The number of rotatable bonds is 5. The van der Waals surface area contributed by atoms with Crippen molar-refractivity contribution >= 4 is 5.91 Å². The minimum Gasteiger partial charge on any atom is -0.346 e. The van der Waals surface area contributed by atoms with E-state index in [1.807, 2.05) is 49.4 Å². The zero-order valence-corrected chi connectivity index (χ0v) is 11.6. The highest BCUT2D eigenvalue weighted by molar-refractivity contribution is 5.95. The Morgan fingerprint density at radius 3 is 2.75 bits per heavy atom. The SMILES string of the molecule is Cc1cccc(CNC(=O)c2ccccc2CCN)n1. The second-order valence-electron chi connectivity index (χ2n) is 4.65. The van der Waals surface area contributed by atoms with E-state index in [4.69, 9.17) is 5.73 Å². The van der Waals surface area contributed by atoms with Crippen molar-refractivity contribution in [1.82, 2.24) is 10.3 Å². The minimum absolute atomic E-state index is 0.0858. The Kier molecular flexibility index (Phi) is 4.85. The van der Waals surface area contributed by atoms with Gasteiger partial charge in [0, 0.05) is 11.3 Å². The lowest BCUT2D eigenvalue weighted by molar-refractivity contribution is 0.0949. The Morgan fingerprint density at radius 1 is 1.20 bits per heavy atom. The van der Waals surface area contributed by atoms with Gasteiger partial charge < -0.3 is 11.1 Å². The van der Waals surface area contributed by atoms with E-state index < -0.39 is 0 Å². The maximum atomic E-state index is 12.2. The highest BCUT2D eigenvalue weighted by Gasteiger charge is 2.10. The van der Waals surface area contributed by atoms with Crippen molar-refractivity contribution in [3.63, 3.8) is 0 Å². The van der Waals surface area contributed by atoms with Gasteiger partial charge in [-0.05, 0) is 43.7 Å². The Morgan fingerprint density at radius 2 is 2.00 bits per heavy atom. The molecule has 0 saturated carbocycles. The molecular formula is C16H19N3O. The second kappa shape index (κ2) is 6.82. The number of nitrogens with two attached hydrogens (primary N) is 1. The first kappa shape index (κ1) is 14.2. The molecule has 104 valence electrons. The van der Waals surface area contributed by atoms with Crippen LogP contribution in [0, 0.1) is 6.92 Å². The third kappa shape index (κ3) is 3.65. The molecule has 1 amide bonds. The molecule has 0 aliphatic carbocycles. The first-order chi connectivity index (χ1) is 9.70. The van der Waals surface area contributed by atoms with Crippen molar-refractivity contribution in [3.05, 3.63) is 65.0 Å². The Labute approximate surface area is 119 Å². The lowest BCUT2D eigenvalue weighted by Crippen LogP contribution is -2.25. The van der Waals surface area contributed by atoms with Crippen LogP contribution in [-0.4, -0.2) is 17.4 Å². The van der Waals surface area contributed by atoms with E-state index in [-0.39, 0.29) is 5.91 Å². The van der Waals surface area contributed by atoms with Crippen molar-refractivity contribution in [2.45, 2.75) is 19.9 Å². The average molecular weight is 269 g/mol. The van der Waals surface area contributed by atoms with Gasteiger partial charge in [-0.2, -0.15) is 0 Å². The third-order valence-corrected chi connectivity index (χ3v) is 3.05. The fourth-order valence-corrected chi connectivity index (χ4v) is 2.08. The molecule has 4 nitrogen and oxygen atoms in total. The molecule has 3 N–H and O–H groups in total. The lowest BCUT2D eigenvalue weighted by atomic mass is 10.0. The number of aromatic nitrogens is 1. The molecule has 0 aliphatic heterocycles. The molecule has 0 saturated heterocycles. The smallest absolute Gasteiger partial charge is 0.251 e. The summed E-state index contributed by atoms with van der Waals surface area (Å²) in [7, 11) is 0. The number of hydrogen-bond donors (Lipinski definition) is 2. The highest BCUT2D eigenvalue weighted by atomic mass is 16.1. The summed E-state index contributed by atoms with van der Waals surface area (Å²) < 4.78 is 0. The van der Waals surface area contributed by atoms with Crippen molar-refractivity contribution < 1.29 is 4.79 Å². The predicted molar refractivity (Wildman–Crippen MR) is 79.3 cm³/mol. The van der Waals surface area contributed by atoms with E-state index >= 15 is 0 Å². The number of nitrogens with one attached hydrogen (secondary N) is 1. The van der Waals surface area contributed by atoms with Gasteiger partial charge in [-0.15, -0.1) is 0 Å². The number of pyridine rings is 1. The summed E-state index contributed by atoms with van der Waals surface area (Å²) in [6.45, 7) is 2.89. The number of carbonyl (C=O) groups excluding carboxylic acids is 1. The number of amides is 1. The van der Waals surface area contributed by atoms with Gasteiger partial charge in [0.1, 0.15) is 0 Å². The summed E-state index contributed by atoms with van der Waals surface area (Å²) in [4.78, 5) is 16.6. The third-order valence-electron chi connectivity index (χ3n) is 3.05. The zero-order valence-electron chi connectivity index (χ0n) is 11.6. The van der Waals surface area contributed by atoms with Gasteiger partial charge in [0.2, 0.25) is 0 Å². The number of aryl methyl sites for hydroxylation is 1. The number of nitrogens with zero attached hydrogens (tertiary/aromatic N) is 1. The molecule has 2 aromatic rings. The molecule has 1 aromatic heterocycles. The summed E-state index contributed by atoms with van der Waals surface area (Å²) in [5.74, 6) is -0.0858. The molecular weight excluding hydrogens is 250 g/mol. The Bertz CT molecular complexity index is 596. The van der Waals surface area contributed by atoms with E-state index in [0.717, 1.165) is 17.0 Å². The fraction of sp³-hybridized carbons (Fsp3) is 0.250. The maximum Gasteiger partial charge on any atom is 0.251 e. The van der Waals surface area contributed by atoms with Crippen molar-refractivity contribution in [3.8, 4) is 0 Å². The zero-order chi connectivity index (χ0) is 14.4. The Hall–Kier alpha value is -2.20. The summed E-state index contributed by atoms with van der Waals surface area (Å²) in [6, 6.07) is 13.3. The van der Waals surface area contributed by atoms with E-state index in [1.165, 1.54) is 0 Å². The molecule has 1 heterocycles. The fourth-order valence-electron chi connectivity index (χ4n) is 2.08. The first-order valence-corrected chi connectivity index (χ1v) is 6.69. The van der Waals surface area contributed by atoms with Crippen molar-refractivity contribution in [2.24, 2.45) is 5.73 Å². The first-order valence-electron chi connectivity index (χ1n) is 6.69. The number of hydrogen-bond acceptors (Lipinski definition) is 3. The molecule has 2 rings (SSSR count). The van der Waals surface area contributed by atoms with Crippen LogP contribution < -0.4 is 11.1 Å². The average Bonchev–Trinajstić information content (AvgIpc) is 2.46. The standard InChI is InChI=1S/C16H19N3O/c1-12-5-4-7-14(19-12)11-18-16(20)15-8-3-2-6-13(15)9-10-17/h2-8H,9-11,17H2,1H3,(H,18,20). The minimum atomic E-state index is -0.0858. The summed E-state index contributed by atoms with van der Waals surface area (Å²) in [5, 5.41) is 2.90. The van der Waals surface area contributed by atoms with Gasteiger partial charge in [-0.25, -0.2) is 0 Å². The van der Waals surface area contributed by atoms with Gasteiger partial charge >= 0.3 is 0 Å². The molecule has 20 heavy (non-hydrogen) atoms. The lowest BCUT2D eigenvalue weighted by Gasteiger charge is -2.09. The normalized spacial score (nSPS) is 10.3. The topological polar surface area (TPSA) is 68.0 Å². The Balaban J connectivity index is 2.05. The monoisotopic (exact) mass is 269 g/mol. The van der Waals surface area contributed by atoms with Crippen molar-refractivity contribution in [2.75, 3.05) is 6.54 Å². The van der Waals surface area contributed by atoms with Gasteiger partial charge in [-0.1, -0.05) is 24.3 Å². The van der Waals surface area contributed by atoms with Crippen LogP contribution in [0.5, 0.6) is 0 Å². The number of carbonyl (C=O) groups is 1. The maximum absolute atomic E-state index is 12.2. The molecule has 0 bridgehead atoms. The largest absolute Gasteiger partial charge is 0.346 e. The van der Waals surface area contributed by atoms with E-state index in [0.29, 0.717) is 25.1 Å². The summed E-state index contributed by atoms with van der Waals surface area (Å²) in [5.41, 5.74) is 9.03. The van der Waals surface area contributed by atoms with Crippen LogP contribution in [0.3, 0.4) is 0 Å². The molecule has 1 aromatic carbocycles. The molecule has 0 atom stereocenters. The van der Waals surface area contributed by atoms with Crippen molar-refractivity contribution in [1.29, 1.82) is 0 Å². The predicted octanol–water partition coefficient (Wildman–Crippen LogP) is 1.82. The number of benzene rings is 1. The van der Waals surface area contributed by atoms with Crippen LogP contribution in [0.15, 0.2) is 42.5 Å². The molecule has 0 fully saturated rings. The van der Waals surface area contributed by atoms with Gasteiger partial charge in [0.15, 0.2) is 0 Å². The summed E-state index contributed by atoms with van der Waals surface area (Å²) >= 11 is 0. The summed E-state index contributed by atoms with van der Waals surface area (Å²) in [6.07, 6.45) is 0.701. The van der Waals surface area contributed by atoms with Gasteiger partial charge in [0.05, 0.1) is 12.2 Å². The van der Waals surface area contributed by atoms with Crippen LogP contribution in [0.2, 0.25) is 0 Å². The van der Waals surface area contributed by atoms with E-state index in [9.17, 15) is 4.79 Å². The highest BCUT2D eigenvalue weighted by Crippen LogP contribution is 2.09. The van der Waals surface area contributed by atoms with E-state index in [1.54, 1.807) is 0 Å².